The Balaban J connectivity index is 2.87. The Bertz CT molecular complexity index is 433. The minimum atomic E-state index is -1.22. The van der Waals surface area contributed by atoms with Crippen LogP contribution in [0.15, 0.2) is 34.5 Å². The Hall–Kier alpha value is -2.22. The summed E-state index contributed by atoms with van der Waals surface area (Å²) < 4.78 is 0. The second-order valence-corrected chi connectivity index (χ2v) is 2.94. The molecule has 1 amide bonds. The molecule has 76 valence electrons. The van der Waals surface area contributed by atoms with Crippen molar-refractivity contribution < 1.29 is 4.79 Å². The SMILES string of the molecule is Cc1ccccc1N=NC(C#N)C(N)=O. The number of hydrogen-bond acceptors (Lipinski definition) is 4. The van der Waals surface area contributed by atoms with E-state index in [0.29, 0.717) is 5.69 Å². The third kappa shape index (κ3) is 2.88. The standard InChI is InChI=1S/C10H10N4O/c1-7-4-2-3-5-8(7)13-14-9(6-11)10(12)15/h2-5,9H,1H3,(H2,12,15). The summed E-state index contributed by atoms with van der Waals surface area (Å²) in [4.78, 5) is 10.7. The molecule has 5 heteroatoms. The molecule has 1 atom stereocenters. The van der Waals surface area contributed by atoms with E-state index in [2.05, 4.69) is 10.2 Å². The summed E-state index contributed by atoms with van der Waals surface area (Å²) in [5, 5.41) is 15.9. The van der Waals surface area contributed by atoms with Crippen LogP contribution >= 0.6 is 0 Å². The summed E-state index contributed by atoms with van der Waals surface area (Å²) in [6.45, 7) is 1.86. The van der Waals surface area contributed by atoms with Crippen molar-refractivity contribution in [2.75, 3.05) is 0 Å². The number of hydrogen-bond donors (Lipinski definition) is 1. The Kier molecular flexibility index (Phi) is 3.52. The first-order valence-corrected chi connectivity index (χ1v) is 4.30. The average molecular weight is 202 g/mol. The number of primary amides is 1. The quantitative estimate of drug-likeness (QED) is 0.751. The lowest BCUT2D eigenvalue weighted by Crippen LogP contribution is -2.24. The second-order valence-electron chi connectivity index (χ2n) is 2.94. The van der Waals surface area contributed by atoms with Crippen LogP contribution in [-0.4, -0.2) is 11.9 Å². The number of azo groups is 1. The predicted octanol–water partition coefficient (Wildman–Crippen LogP) is 1.46. The molecule has 0 spiro atoms. The molecule has 0 fully saturated rings. The van der Waals surface area contributed by atoms with E-state index in [1.54, 1.807) is 18.2 Å². The Morgan fingerprint density at radius 2 is 2.20 bits per heavy atom. The lowest BCUT2D eigenvalue weighted by atomic mass is 10.2. The van der Waals surface area contributed by atoms with E-state index < -0.39 is 11.9 Å². The molecular weight excluding hydrogens is 192 g/mol. The first-order valence-electron chi connectivity index (χ1n) is 4.30. The number of carbonyl (C=O) groups is 1. The molecule has 0 bridgehead atoms. The van der Waals surface area contributed by atoms with Gasteiger partial charge in [0, 0.05) is 0 Å². The zero-order chi connectivity index (χ0) is 11.3. The van der Waals surface area contributed by atoms with Crippen molar-refractivity contribution >= 4 is 11.6 Å². The van der Waals surface area contributed by atoms with Gasteiger partial charge in [-0.2, -0.15) is 15.5 Å². The monoisotopic (exact) mass is 202 g/mol. The molecule has 1 unspecified atom stereocenters. The Labute approximate surface area is 87.2 Å². The smallest absolute Gasteiger partial charge is 0.258 e. The van der Waals surface area contributed by atoms with Crippen molar-refractivity contribution in [3.63, 3.8) is 0 Å². The van der Waals surface area contributed by atoms with Crippen molar-refractivity contribution in [3.8, 4) is 6.07 Å². The Morgan fingerprint density at radius 3 is 2.73 bits per heavy atom. The molecule has 2 N–H and O–H groups in total. The summed E-state index contributed by atoms with van der Waals surface area (Å²) in [6.07, 6.45) is 0. The van der Waals surface area contributed by atoms with E-state index in [1.807, 2.05) is 19.1 Å². The van der Waals surface area contributed by atoms with Crippen LogP contribution in [0.1, 0.15) is 5.56 Å². The van der Waals surface area contributed by atoms with Crippen molar-refractivity contribution in [3.05, 3.63) is 29.8 Å². The molecule has 0 saturated heterocycles. The van der Waals surface area contributed by atoms with Crippen LogP contribution in [0.5, 0.6) is 0 Å². The molecule has 1 aromatic rings. The molecule has 0 aliphatic carbocycles. The van der Waals surface area contributed by atoms with Crippen molar-refractivity contribution in [2.24, 2.45) is 16.0 Å². The molecule has 15 heavy (non-hydrogen) atoms. The lowest BCUT2D eigenvalue weighted by Gasteiger charge is -1.98. The lowest BCUT2D eigenvalue weighted by molar-refractivity contribution is -0.118. The molecule has 1 rings (SSSR count). The van der Waals surface area contributed by atoms with E-state index in [0.717, 1.165) is 5.56 Å². The maximum absolute atomic E-state index is 10.7. The summed E-state index contributed by atoms with van der Waals surface area (Å²) >= 11 is 0. The molecule has 0 saturated carbocycles. The van der Waals surface area contributed by atoms with E-state index in [4.69, 9.17) is 11.0 Å². The highest BCUT2D eigenvalue weighted by molar-refractivity contribution is 5.82. The van der Waals surface area contributed by atoms with Crippen molar-refractivity contribution in [2.45, 2.75) is 13.0 Å². The topological polar surface area (TPSA) is 91.6 Å². The zero-order valence-electron chi connectivity index (χ0n) is 8.21. The number of carbonyl (C=O) groups excluding carboxylic acids is 1. The van der Waals surface area contributed by atoms with E-state index in [-0.39, 0.29) is 0 Å². The number of rotatable bonds is 3. The molecule has 5 nitrogen and oxygen atoms in total. The van der Waals surface area contributed by atoms with Crippen LogP contribution in [0.25, 0.3) is 0 Å². The summed E-state index contributed by atoms with van der Waals surface area (Å²) in [6, 6.07) is 7.71. The molecule has 0 heterocycles. The maximum Gasteiger partial charge on any atom is 0.258 e. The minimum absolute atomic E-state index is 0.624. The van der Waals surface area contributed by atoms with Crippen molar-refractivity contribution in [1.29, 1.82) is 5.26 Å². The van der Waals surface area contributed by atoms with Gasteiger partial charge in [0.1, 0.15) is 6.07 Å². The van der Waals surface area contributed by atoms with Gasteiger partial charge < -0.3 is 5.73 Å². The van der Waals surface area contributed by atoms with Crippen molar-refractivity contribution in [1.82, 2.24) is 0 Å². The van der Waals surface area contributed by atoms with E-state index in [1.165, 1.54) is 0 Å². The van der Waals surface area contributed by atoms with Crippen LogP contribution in [0.3, 0.4) is 0 Å². The van der Waals surface area contributed by atoms with Gasteiger partial charge in [0.15, 0.2) is 0 Å². The fourth-order valence-electron chi connectivity index (χ4n) is 0.942. The highest BCUT2D eigenvalue weighted by Crippen LogP contribution is 2.17. The highest BCUT2D eigenvalue weighted by Gasteiger charge is 2.11. The van der Waals surface area contributed by atoms with Gasteiger partial charge in [0.05, 0.1) is 5.69 Å². The number of benzene rings is 1. The zero-order valence-corrected chi connectivity index (χ0v) is 8.21. The summed E-state index contributed by atoms with van der Waals surface area (Å²) in [5.74, 6) is -0.796. The average Bonchev–Trinajstić information content (AvgIpc) is 2.21. The third-order valence-corrected chi connectivity index (χ3v) is 1.79. The number of nitriles is 1. The number of amides is 1. The highest BCUT2D eigenvalue weighted by atomic mass is 16.1. The van der Waals surface area contributed by atoms with E-state index in [9.17, 15) is 4.79 Å². The van der Waals surface area contributed by atoms with E-state index >= 15 is 0 Å². The molecule has 0 aliphatic heterocycles. The fraction of sp³-hybridized carbons (Fsp3) is 0.200. The predicted molar refractivity (Wildman–Crippen MR) is 54.3 cm³/mol. The van der Waals surface area contributed by atoms with Gasteiger partial charge in [0.2, 0.25) is 6.04 Å². The van der Waals surface area contributed by atoms with Gasteiger partial charge in [-0.1, -0.05) is 18.2 Å². The van der Waals surface area contributed by atoms with Gasteiger partial charge in [-0.3, -0.25) is 4.79 Å². The van der Waals surface area contributed by atoms with Gasteiger partial charge >= 0.3 is 0 Å². The normalized spacial score (nSPS) is 12.3. The number of aryl methyl sites for hydroxylation is 1. The molecule has 0 radical (unpaired) electrons. The second kappa shape index (κ2) is 4.86. The fourth-order valence-corrected chi connectivity index (χ4v) is 0.942. The Morgan fingerprint density at radius 1 is 1.53 bits per heavy atom. The van der Waals surface area contributed by atoms with Crippen LogP contribution in [0.4, 0.5) is 5.69 Å². The summed E-state index contributed by atoms with van der Waals surface area (Å²) in [7, 11) is 0. The summed E-state index contributed by atoms with van der Waals surface area (Å²) in [5.41, 5.74) is 6.48. The van der Waals surface area contributed by atoms with Crippen LogP contribution in [-0.2, 0) is 4.79 Å². The molecule has 1 aromatic carbocycles. The van der Waals surface area contributed by atoms with Crippen LogP contribution in [0, 0.1) is 18.3 Å². The number of nitrogens with two attached hydrogens (primary N) is 1. The minimum Gasteiger partial charge on any atom is -0.367 e. The number of nitrogens with zero attached hydrogens (tertiary/aromatic N) is 3. The van der Waals surface area contributed by atoms with Gasteiger partial charge in [-0.05, 0) is 18.6 Å². The molecule has 0 aromatic heterocycles. The van der Waals surface area contributed by atoms with Gasteiger partial charge in [-0.15, -0.1) is 0 Å². The van der Waals surface area contributed by atoms with Gasteiger partial charge in [0.25, 0.3) is 5.91 Å². The van der Waals surface area contributed by atoms with Crippen LogP contribution < -0.4 is 5.73 Å². The largest absolute Gasteiger partial charge is 0.367 e. The maximum atomic E-state index is 10.7. The third-order valence-electron chi connectivity index (χ3n) is 1.79. The van der Waals surface area contributed by atoms with Crippen LogP contribution in [0.2, 0.25) is 0 Å². The van der Waals surface area contributed by atoms with Gasteiger partial charge in [-0.25, -0.2) is 0 Å². The molecular formula is C10H10N4O. The first kappa shape index (κ1) is 10.9. The first-order chi connectivity index (χ1) is 7.15. The molecule has 0 aliphatic rings.